The second-order valence-electron chi connectivity index (χ2n) is 5.57. The van der Waals surface area contributed by atoms with Gasteiger partial charge >= 0.3 is 0 Å². The maximum absolute atomic E-state index is 11.8. The normalized spacial score (nSPS) is 24.4. The molecule has 0 aromatic heterocycles. The summed E-state index contributed by atoms with van der Waals surface area (Å²) in [6.45, 7) is 4.04. The van der Waals surface area contributed by atoms with Gasteiger partial charge in [0, 0.05) is 12.2 Å². The number of aliphatic hydroxyl groups excluding tert-OH is 1. The molecule has 0 amide bonds. The van der Waals surface area contributed by atoms with Crippen LogP contribution >= 0.6 is 11.8 Å². The number of benzene rings is 1. The van der Waals surface area contributed by atoms with E-state index in [0.29, 0.717) is 12.1 Å². The van der Waals surface area contributed by atoms with E-state index in [4.69, 9.17) is 5.26 Å². The van der Waals surface area contributed by atoms with Gasteiger partial charge in [0.2, 0.25) is 0 Å². The molecule has 1 aliphatic heterocycles. The first-order valence-electron chi connectivity index (χ1n) is 7.41. The summed E-state index contributed by atoms with van der Waals surface area (Å²) in [7, 11) is 0. The van der Waals surface area contributed by atoms with Crippen molar-refractivity contribution in [2.75, 3.05) is 13.2 Å². The number of aliphatic hydroxyl groups is 1. The molecule has 118 valence electrons. The number of hydrogen-bond acceptors (Lipinski definition) is 6. The molecule has 0 radical (unpaired) electrons. The van der Waals surface area contributed by atoms with Crippen LogP contribution in [0.15, 0.2) is 39.9 Å². The number of allylic oxidation sites excluding steroid dienone is 2. The maximum atomic E-state index is 11.8. The lowest BCUT2D eigenvalue weighted by molar-refractivity contribution is -0.113. The van der Waals surface area contributed by atoms with Gasteiger partial charge in [-0.05, 0) is 38.1 Å². The number of carbonyl (C=O) groups excluding carboxylic acids is 1. The average Bonchev–Trinajstić information content (AvgIpc) is 3.22. The number of nitrogens with zero attached hydrogens (tertiary/aromatic N) is 3. The molecule has 1 saturated carbocycles. The van der Waals surface area contributed by atoms with Gasteiger partial charge in [0.05, 0.1) is 45.8 Å². The zero-order valence-electron chi connectivity index (χ0n) is 13.0. The Morgan fingerprint density at radius 3 is 2.70 bits per heavy atom. The molecular weight excluding hydrogens is 310 g/mol. The van der Waals surface area contributed by atoms with Gasteiger partial charge in [0.1, 0.15) is 0 Å². The van der Waals surface area contributed by atoms with E-state index in [1.54, 1.807) is 30.8 Å². The van der Waals surface area contributed by atoms with Gasteiger partial charge in [0.15, 0.2) is 5.78 Å². The van der Waals surface area contributed by atoms with Gasteiger partial charge in [-0.25, -0.2) is 0 Å². The number of nitriles is 1. The number of hydrogen-bond donors (Lipinski definition) is 1. The summed E-state index contributed by atoms with van der Waals surface area (Å²) in [5.74, 6) is 0.0542. The van der Waals surface area contributed by atoms with E-state index in [2.05, 4.69) is 16.0 Å². The molecule has 5 nitrogen and oxygen atoms in total. The van der Waals surface area contributed by atoms with Crippen molar-refractivity contribution in [2.24, 2.45) is 4.99 Å². The van der Waals surface area contributed by atoms with Crippen molar-refractivity contribution in [3.63, 3.8) is 0 Å². The van der Waals surface area contributed by atoms with Crippen LogP contribution in [0, 0.1) is 11.3 Å². The first-order valence-corrected chi connectivity index (χ1v) is 8.29. The van der Waals surface area contributed by atoms with Crippen LogP contribution in [-0.2, 0) is 4.79 Å². The summed E-state index contributed by atoms with van der Waals surface area (Å²) in [6.07, 6.45) is 0. The molecule has 0 saturated heterocycles. The van der Waals surface area contributed by atoms with Crippen LogP contribution < -0.4 is 0 Å². The number of Topliss-reactive ketones (excluding diaryl/α,β-unsaturated/α-hetero) is 1. The summed E-state index contributed by atoms with van der Waals surface area (Å²) in [5.41, 5.74) is 3.35. The number of fused-ring (bicyclic) bond motifs is 1. The van der Waals surface area contributed by atoms with Crippen molar-refractivity contribution >= 4 is 28.9 Å². The minimum Gasteiger partial charge on any atom is -0.395 e. The molecule has 23 heavy (non-hydrogen) atoms. The van der Waals surface area contributed by atoms with Crippen molar-refractivity contribution in [3.8, 4) is 6.07 Å². The summed E-state index contributed by atoms with van der Waals surface area (Å²) < 4.78 is 0. The summed E-state index contributed by atoms with van der Waals surface area (Å²) in [4.78, 5) is 19.3. The molecule has 2 unspecified atom stereocenters. The highest BCUT2D eigenvalue weighted by atomic mass is 32.2. The summed E-state index contributed by atoms with van der Waals surface area (Å²) >= 11 is 1.56. The Balaban J connectivity index is 1.87. The Morgan fingerprint density at radius 2 is 2.13 bits per heavy atom. The van der Waals surface area contributed by atoms with Crippen molar-refractivity contribution in [3.05, 3.63) is 40.4 Å². The fourth-order valence-corrected chi connectivity index (χ4v) is 4.21. The largest absolute Gasteiger partial charge is 0.395 e. The SMILES string of the molecule is CC(=O)C1=C(C)N(CCO)C2C(=Nc3ccc(C#N)cc3)C2S1. The topological polar surface area (TPSA) is 76.7 Å². The number of rotatable bonds is 4. The molecule has 1 aromatic rings. The van der Waals surface area contributed by atoms with Gasteiger partial charge in [0.25, 0.3) is 0 Å². The molecule has 1 aromatic carbocycles. The Kier molecular flexibility index (Phi) is 4.24. The predicted molar refractivity (Wildman–Crippen MR) is 90.6 cm³/mol. The molecule has 2 aliphatic rings. The van der Waals surface area contributed by atoms with Gasteiger partial charge in [-0.15, -0.1) is 11.8 Å². The minimum absolute atomic E-state index is 0.0422. The lowest BCUT2D eigenvalue weighted by Crippen LogP contribution is -2.33. The molecule has 1 N–H and O–H groups in total. The lowest BCUT2D eigenvalue weighted by atomic mass is 10.2. The van der Waals surface area contributed by atoms with Crippen LogP contribution in [0.25, 0.3) is 0 Å². The fraction of sp³-hybridized carbons (Fsp3) is 0.353. The number of thioether (sulfide) groups is 1. The van der Waals surface area contributed by atoms with Crippen molar-refractivity contribution in [1.82, 2.24) is 4.90 Å². The monoisotopic (exact) mass is 327 g/mol. The molecule has 1 heterocycles. The average molecular weight is 327 g/mol. The number of carbonyl (C=O) groups is 1. The van der Waals surface area contributed by atoms with Crippen LogP contribution in [0.5, 0.6) is 0 Å². The van der Waals surface area contributed by atoms with E-state index in [-0.39, 0.29) is 23.7 Å². The van der Waals surface area contributed by atoms with Crippen LogP contribution in [0.3, 0.4) is 0 Å². The second-order valence-corrected chi connectivity index (χ2v) is 6.72. The zero-order chi connectivity index (χ0) is 16.6. The molecule has 1 fully saturated rings. The van der Waals surface area contributed by atoms with Crippen LogP contribution in [0.2, 0.25) is 0 Å². The Labute approximate surface area is 139 Å². The van der Waals surface area contributed by atoms with E-state index in [1.807, 2.05) is 19.1 Å². The zero-order valence-corrected chi connectivity index (χ0v) is 13.8. The van der Waals surface area contributed by atoms with Gasteiger partial charge in [-0.3, -0.25) is 9.79 Å². The van der Waals surface area contributed by atoms with Crippen molar-refractivity contribution in [2.45, 2.75) is 25.1 Å². The second kappa shape index (κ2) is 6.19. The minimum atomic E-state index is 0.0422. The first-order chi connectivity index (χ1) is 11.1. The van der Waals surface area contributed by atoms with E-state index < -0.39 is 0 Å². The Hall–Kier alpha value is -2.10. The van der Waals surface area contributed by atoms with Crippen molar-refractivity contribution in [1.29, 1.82) is 5.26 Å². The van der Waals surface area contributed by atoms with Gasteiger partial charge in [-0.1, -0.05) is 0 Å². The third-order valence-corrected chi connectivity index (χ3v) is 5.60. The lowest BCUT2D eigenvalue weighted by Gasteiger charge is -2.29. The standard InChI is InChI=1S/C17H17N3O2S/c1-10-16(11(2)22)23-17-14(15(17)20(10)7-8-21)19-13-5-3-12(9-18)4-6-13/h3-6,15,17,21H,7-8H2,1-2H3. The van der Waals surface area contributed by atoms with E-state index in [1.165, 1.54) is 0 Å². The van der Waals surface area contributed by atoms with E-state index >= 15 is 0 Å². The van der Waals surface area contributed by atoms with Crippen LogP contribution in [0.4, 0.5) is 5.69 Å². The maximum Gasteiger partial charge on any atom is 0.167 e. The van der Waals surface area contributed by atoms with Gasteiger partial charge < -0.3 is 10.0 Å². The quantitative estimate of drug-likeness (QED) is 0.918. The molecule has 1 aliphatic carbocycles. The Morgan fingerprint density at radius 1 is 1.43 bits per heavy atom. The van der Waals surface area contributed by atoms with E-state index in [9.17, 15) is 9.90 Å². The smallest absolute Gasteiger partial charge is 0.167 e. The Bertz CT molecular complexity index is 746. The third-order valence-electron chi connectivity index (χ3n) is 4.03. The van der Waals surface area contributed by atoms with E-state index in [0.717, 1.165) is 22.0 Å². The van der Waals surface area contributed by atoms with Crippen LogP contribution in [-0.4, -0.2) is 45.9 Å². The van der Waals surface area contributed by atoms with Crippen LogP contribution in [0.1, 0.15) is 19.4 Å². The third kappa shape index (κ3) is 2.90. The molecule has 3 rings (SSSR count). The molecule has 6 heteroatoms. The van der Waals surface area contributed by atoms with Gasteiger partial charge in [-0.2, -0.15) is 5.26 Å². The number of aliphatic imine (C=N–C) groups is 1. The highest BCUT2D eigenvalue weighted by molar-refractivity contribution is 8.06. The number of ketones is 1. The molecule has 0 bridgehead atoms. The number of β-amino-alcohol motifs (C(OH)–C–C–N with tert-alkyl or cyclic N) is 1. The van der Waals surface area contributed by atoms with Crippen molar-refractivity contribution < 1.29 is 9.90 Å². The molecule has 2 atom stereocenters. The summed E-state index contributed by atoms with van der Waals surface area (Å²) in [5, 5.41) is 18.3. The predicted octanol–water partition coefficient (Wildman–Crippen LogP) is 2.24. The first kappa shape index (κ1) is 15.8. The fourth-order valence-electron chi connectivity index (χ4n) is 2.85. The summed E-state index contributed by atoms with van der Waals surface area (Å²) in [6, 6.07) is 9.37. The highest BCUT2D eigenvalue weighted by Gasteiger charge is 2.54. The molecular formula is C17H17N3O2S. The molecule has 0 spiro atoms. The highest BCUT2D eigenvalue weighted by Crippen LogP contribution is 2.48.